The smallest absolute Gasteiger partial charge is 0.276 e. The fraction of sp³-hybridized carbons (Fsp3) is 0.235. The number of aromatic nitrogens is 3. The third kappa shape index (κ3) is 3.86. The molecule has 8 heteroatoms. The molecule has 0 unspecified atom stereocenters. The monoisotopic (exact) mass is 342 g/mol. The number of carbonyl (C=O) groups is 1. The number of benzene rings is 1. The number of hydrogen-bond donors (Lipinski definition) is 1. The molecule has 3 aromatic rings. The highest BCUT2D eigenvalue weighted by molar-refractivity contribution is 5.82. The number of nitrogens with one attached hydrogen (secondary N) is 1. The normalized spacial score (nSPS) is 10.6. The van der Waals surface area contributed by atoms with E-state index in [1.165, 1.54) is 11.8 Å². The van der Waals surface area contributed by atoms with Gasteiger partial charge in [0, 0.05) is 12.7 Å². The van der Waals surface area contributed by atoms with Crippen molar-refractivity contribution in [2.75, 3.05) is 26.1 Å². The van der Waals surface area contributed by atoms with Crippen molar-refractivity contribution in [1.82, 2.24) is 14.8 Å². The lowest BCUT2D eigenvalue weighted by Gasteiger charge is -2.05. The highest BCUT2D eigenvalue weighted by atomic mass is 16.5. The second-order valence-electron chi connectivity index (χ2n) is 5.16. The molecule has 2 heterocycles. The molecule has 130 valence electrons. The first kappa shape index (κ1) is 16.7. The molecule has 0 bridgehead atoms. The lowest BCUT2D eigenvalue weighted by atomic mass is 10.2. The van der Waals surface area contributed by atoms with Crippen molar-refractivity contribution in [3.63, 3.8) is 0 Å². The topological polar surface area (TPSA) is 91.4 Å². The molecule has 0 saturated heterocycles. The molecule has 0 fully saturated rings. The van der Waals surface area contributed by atoms with Crippen molar-refractivity contribution in [2.45, 2.75) is 6.54 Å². The molecule has 2 aromatic heterocycles. The van der Waals surface area contributed by atoms with E-state index in [-0.39, 0.29) is 12.5 Å². The first-order valence-electron chi connectivity index (χ1n) is 7.61. The minimum Gasteiger partial charge on any atom is -0.497 e. The molecule has 1 N–H and O–H groups in total. The summed E-state index contributed by atoms with van der Waals surface area (Å²) in [7, 11) is 3.05. The zero-order valence-corrected chi connectivity index (χ0v) is 13.9. The van der Waals surface area contributed by atoms with Gasteiger partial charge in [-0.3, -0.25) is 4.79 Å². The van der Waals surface area contributed by atoms with Crippen LogP contribution in [0.15, 0.2) is 47.1 Å². The lowest BCUT2D eigenvalue weighted by molar-refractivity contribution is 0.0748. The SMILES string of the molecule is COCC(=O)n1nc(-c2ccc(OC)cc2)nc1NCc1ccco1. The Kier molecular flexibility index (Phi) is 5.10. The van der Waals surface area contributed by atoms with E-state index in [1.54, 1.807) is 19.4 Å². The van der Waals surface area contributed by atoms with Gasteiger partial charge in [0.05, 0.1) is 19.9 Å². The fourth-order valence-electron chi connectivity index (χ4n) is 2.23. The number of carbonyl (C=O) groups excluding carboxylic acids is 1. The molecule has 0 radical (unpaired) electrons. The van der Waals surface area contributed by atoms with Crippen molar-refractivity contribution in [1.29, 1.82) is 0 Å². The number of ether oxygens (including phenoxy) is 2. The molecule has 0 spiro atoms. The van der Waals surface area contributed by atoms with Crippen LogP contribution in [-0.4, -0.2) is 41.5 Å². The average molecular weight is 342 g/mol. The van der Waals surface area contributed by atoms with E-state index in [0.717, 1.165) is 17.1 Å². The number of rotatable bonds is 7. The van der Waals surface area contributed by atoms with E-state index in [9.17, 15) is 4.79 Å². The standard InChI is InChI=1S/C17H18N4O4/c1-23-11-15(22)21-17(18-10-14-4-3-9-25-14)19-16(20-21)12-5-7-13(24-2)8-6-12/h3-9H,10-11H2,1-2H3,(H,18,19,20). The predicted molar refractivity (Wildman–Crippen MR) is 90.5 cm³/mol. The second kappa shape index (κ2) is 7.63. The minimum absolute atomic E-state index is 0.0964. The molecule has 0 aliphatic carbocycles. The quantitative estimate of drug-likeness (QED) is 0.705. The van der Waals surface area contributed by atoms with Gasteiger partial charge in [0.1, 0.15) is 18.1 Å². The Balaban J connectivity index is 1.88. The average Bonchev–Trinajstić information content (AvgIpc) is 3.30. The second-order valence-corrected chi connectivity index (χ2v) is 5.16. The third-order valence-corrected chi connectivity index (χ3v) is 3.46. The van der Waals surface area contributed by atoms with Crippen LogP contribution in [0.2, 0.25) is 0 Å². The highest BCUT2D eigenvalue weighted by Crippen LogP contribution is 2.21. The van der Waals surface area contributed by atoms with E-state index < -0.39 is 0 Å². The molecule has 3 rings (SSSR count). The first-order valence-corrected chi connectivity index (χ1v) is 7.61. The maximum absolute atomic E-state index is 12.2. The number of hydrogen-bond acceptors (Lipinski definition) is 7. The van der Waals surface area contributed by atoms with Crippen LogP contribution in [0.5, 0.6) is 5.75 Å². The molecule has 1 aromatic carbocycles. The summed E-state index contributed by atoms with van der Waals surface area (Å²) in [5.74, 6) is 1.88. The Bertz CT molecular complexity index is 825. The largest absolute Gasteiger partial charge is 0.497 e. The summed E-state index contributed by atoms with van der Waals surface area (Å²) in [6, 6.07) is 10.9. The van der Waals surface area contributed by atoms with Gasteiger partial charge in [0.2, 0.25) is 5.95 Å². The van der Waals surface area contributed by atoms with Gasteiger partial charge >= 0.3 is 0 Å². The maximum Gasteiger partial charge on any atom is 0.276 e. The van der Waals surface area contributed by atoms with Crippen molar-refractivity contribution < 1.29 is 18.7 Å². The lowest BCUT2D eigenvalue weighted by Crippen LogP contribution is -2.20. The Hall–Kier alpha value is -3.13. The van der Waals surface area contributed by atoms with Gasteiger partial charge in [-0.2, -0.15) is 9.67 Å². The van der Waals surface area contributed by atoms with E-state index in [1.807, 2.05) is 30.3 Å². The fourth-order valence-corrected chi connectivity index (χ4v) is 2.23. The van der Waals surface area contributed by atoms with Crippen molar-refractivity contribution in [3.8, 4) is 17.1 Å². The Morgan fingerprint density at radius 1 is 1.24 bits per heavy atom. The summed E-state index contributed by atoms with van der Waals surface area (Å²) in [6.45, 7) is 0.287. The van der Waals surface area contributed by atoms with E-state index in [2.05, 4.69) is 15.4 Å². The summed E-state index contributed by atoms with van der Waals surface area (Å²) in [4.78, 5) is 16.6. The molecule has 0 aliphatic rings. The number of methoxy groups -OCH3 is 2. The summed E-state index contributed by atoms with van der Waals surface area (Å²) < 4.78 is 16.5. The first-order chi connectivity index (χ1) is 12.2. The van der Waals surface area contributed by atoms with Gasteiger partial charge in [0.15, 0.2) is 5.82 Å². The Labute approximate surface area is 144 Å². The minimum atomic E-state index is -0.322. The molecule has 0 amide bonds. The van der Waals surface area contributed by atoms with Crippen LogP contribution < -0.4 is 10.1 Å². The molecule has 8 nitrogen and oxygen atoms in total. The number of furan rings is 1. The molecule has 0 aliphatic heterocycles. The van der Waals surface area contributed by atoms with Crippen LogP contribution in [0.4, 0.5) is 5.95 Å². The zero-order valence-electron chi connectivity index (χ0n) is 13.9. The van der Waals surface area contributed by atoms with Crippen LogP contribution in [0.3, 0.4) is 0 Å². The van der Waals surface area contributed by atoms with Gasteiger partial charge in [0.25, 0.3) is 5.91 Å². The predicted octanol–water partition coefficient (Wildman–Crippen LogP) is 2.45. The van der Waals surface area contributed by atoms with Crippen LogP contribution in [-0.2, 0) is 11.3 Å². The Morgan fingerprint density at radius 3 is 2.68 bits per heavy atom. The van der Waals surface area contributed by atoms with Crippen LogP contribution >= 0.6 is 0 Å². The van der Waals surface area contributed by atoms with Gasteiger partial charge in [-0.15, -0.1) is 5.10 Å². The van der Waals surface area contributed by atoms with E-state index >= 15 is 0 Å². The molecule has 25 heavy (non-hydrogen) atoms. The maximum atomic E-state index is 12.2. The number of anilines is 1. The van der Waals surface area contributed by atoms with Gasteiger partial charge in [-0.05, 0) is 36.4 Å². The van der Waals surface area contributed by atoms with Crippen molar-refractivity contribution in [3.05, 3.63) is 48.4 Å². The molecule has 0 atom stereocenters. The summed E-state index contributed by atoms with van der Waals surface area (Å²) in [5.41, 5.74) is 0.769. The van der Waals surface area contributed by atoms with Crippen molar-refractivity contribution in [2.24, 2.45) is 0 Å². The van der Waals surface area contributed by atoms with E-state index in [0.29, 0.717) is 18.3 Å². The van der Waals surface area contributed by atoms with Crippen LogP contribution in [0, 0.1) is 0 Å². The van der Waals surface area contributed by atoms with Gasteiger partial charge in [-0.1, -0.05) is 0 Å². The Morgan fingerprint density at radius 2 is 2.04 bits per heavy atom. The summed E-state index contributed by atoms with van der Waals surface area (Å²) >= 11 is 0. The van der Waals surface area contributed by atoms with Crippen LogP contribution in [0.1, 0.15) is 10.6 Å². The third-order valence-electron chi connectivity index (χ3n) is 3.46. The summed E-state index contributed by atoms with van der Waals surface area (Å²) in [6.07, 6.45) is 1.58. The number of nitrogens with zero attached hydrogens (tertiary/aromatic N) is 3. The molecular weight excluding hydrogens is 324 g/mol. The van der Waals surface area contributed by atoms with Crippen molar-refractivity contribution >= 4 is 11.9 Å². The summed E-state index contributed by atoms with van der Waals surface area (Å²) in [5, 5.41) is 7.36. The van der Waals surface area contributed by atoms with Gasteiger partial charge < -0.3 is 19.2 Å². The van der Waals surface area contributed by atoms with Gasteiger partial charge in [-0.25, -0.2) is 0 Å². The molecular formula is C17H18N4O4. The highest BCUT2D eigenvalue weighted by Gasteiger charge is 2.17. The molecule has 0 saturated carbocycles. The van der Waals surface area contributed by atoms with E-state index in [4.69, 9.17) is 13.9 Å². The zero-order chi connectivity index (χ0) is 17.6. The van der Waals surface area contributed by atoms with Crippen LogP contribution in [0.25, 0.3) is 11.4 Å².